The maximum Gasteiger partial charge on any atom is 0.229 e. The van der Waals surface area contributed by atoms with Gasteiger partial charge in [0, 0.05) is 50.3 Å². The number of aromatic nitrogens is 4. The number of carbonyl (C=O) groups is 1. The van der Waals surface area contributed by atoms with E-state index in [9.17, 15) is 4.79 Å². The number of rotatable bonds is 6. The van der Waals surface area contributed by atoms with Gasteiger partial charge in [-0.15, -0.1) is 0 Å². The lowest BCUT2D eigenvalue weighted by atomic mass is 9.97. The van der Waals surface area contributed by atoms with E-state index in [1.54, 1.807) is 6.20 Å². The summed E-state index contributed by atoms with van der Waals surface area (Å²) in [5.41, 5.74) is 0. The molecule has 1 amide bonds. The second-order valence-corrected chi connectivity index (χ2v) is 7.10. The average Bonchev–Trinajstić information content (AvgIpc) is 3.25. The highest BCUT2D eigenvalue weighted by Gasteiger charge is 2.28. The van der Waals surface area contributed by atoms with Crippen molar-refractivity contribution >= 4 is 5.91 Å². The Bertz CT molecular complexity index is 706. The van der Waals surface area contributed by atoms with Crippen LogP contribution < -0.4 is 0 Å². The van der Waals surface area contributed by atoms with Gasteiger partial charge in [-0.3, -0.25) is 4.79 Å². The molecular weight excluding hydrogens is 318 g/mol. The van der Waals surface area contributed by atoms with E-state index in [0.717, 1.165) is 44.0 Å². The highest BCUT2D eigenvalue weighted by molar-refractivity contribution is 5.76. The number of likely N-dealkylation sites (tertiary alicyclic amines) is 1. The van der Waals surface area contributed by atoms with Crippen molar-refractivity contribution in [3.8, 4) is 0 Å². The maximum atomic E-state index is 12.5. The molecule has 0 spiro atoms. The molecule has 1 aliphatic heterocycles. The second-order valence-electron chi connectivity index (χ2n) is 7.10. The van der Waals surface area contributed by atoms with Gasteiger partial charge in [-0.2, -0.15) is 4.98 Å². The minimum atomic E-state index is 0.185. The van der Waals surface area contributed by atoms with Crippen molar-refractivity contribution in [1.82, 2.24) is 24.6 Å². The molecule has 1 atom stereocenters. The zero-order valence-electron chi connectivity index (χ0n) is 15.3. The summed E-state index contributed by atoms with van der Waals surface area (Å²) in [6, 6.07) is 0. The summed E-state index contributed by atoms with van der Waals surface area (Å²) in [7, 11) is 0. The second kappa shape index (κ2) is 7.80. The van der Waals surface area contributed by atoms with Crippen molar-refractivity contribution in [3.63, 3.8) is 0 Å². The van der Waals surface area contributed by atoms with Crippen LogP contribution in [0.2, 0.25) is 0 Å². The molecule has 1 saturated heterocycles. The van der Waals surface area contributed by atoms with Crippen LogP contribution in [0.4, 0.5) is 0 Å². The van der Waals surface area contributed by atoms with Crippen LogP contribution in [-0.4, -0.2) is 43.6 Å². The predicted octanol–water partition coefficient (Wildman–Crippen LogP) is 2.88. The highest BCUT2D eigenvalue weighted by atomic mass is 16.5. The van der Waals surface area contributed by atoms with E-state index < -0.39 is 0 Å². The van der Waals surface area contributed by atoms with Crippen LogP contribution in [0.3, 0.4) is 0 Å². The molecule has 1 fully saturated rings. The van der Waals surface area contributed by atoms with Gasteiger partial charge in [0.1, 0.15) is 5.82 Å². The van der Waals surface area contributed by atoms with Crippen LogP contribution in [-0.2, 0) is 11.3 Å². The lowest BCUT2D eigenvalue weighted by molar-refractivity contribution is -0.132. The van der Waals surface area contributed by atoms with Crippen molar-refractivity contribution in [2.75, 3.05) is 13.1 Å². The van der Waals surface area contributed by atoms with E-state index in [1.165, 1.54) is 0 Å². The molecule has 0 unspecified atom stereocenters. The molecule has 0 bridgehead atoms. The van der Waals surface area contributed by atoms with Crippen LogP contribution in [0, 0.1) is 6.92 Å². The number of hydrogen-bond acceptors (Lipinski definition) is 5. The van der Waals surface area contributed by atoms with Gasteiger partial charge in [-0.1, -0.05) is 19.0 Å². The number of amides is 1. The first-order valence-corrected chi connectivity index (χ1v) is 9.13. The molecule has 1 aliphatic rings. The van der Waals surface area contributed by atoms with Crippen LogP contribution >= 0.6 is 0 Å². The Labute approximate surface area is 148 Å². The lowest BCUT2D eigenvalue weighted by Crippen LogP contribution is -2.39. The predicted molar refractivity (Wildman–Crippen MR) is 93.1 cm³/mol. The van der Waals surface area contributed by atoms with Crippen LogP contribution in [0.5, 0.6) is 0 Å². The Morgan fingerprint density at radius 2 is 2.28 bits per heavy atom. The number of aryl methyl sites for hydroxylation is 2. The van der Waals surface area contributed by atoms with Gasteiger partial charge in [0.2, 0.25) is 11.8 Å². The zero-order valence-corrected chi connectivity index (χ0v) is 15.3. The molecule has 0 N–H and O–H groups in total. The first-order chi connectivity index (χ1) is 12.0. The molecule has 0 saturated carbocycles. The fourth-order valence-corrected chi connectivity index (χ4v) is 3.26. The van der Waals surface area contributed by atoms with E-state index in [1.807, 2.05) is 31.9 Å². The van der Waals surface area contributed by atoms with Crippen molar-refractivity contribution in [3.05, 3.63) is 29.9 Å². The Morgan fingerprint density at radius 3 is 2.96 bits per heavy atom. The zero-order chi connectivity index (χ0) is 17.8. The van der Waals surface area contributed by atoms with Crippen molar-refractivity contribution < 1.29 is 9.32 Å². The Morgan fingerprint density at radius 1 is 1.44 bits per heavy atom. The molecule has 136 valence electrons. The van der Waals surface area contributed by atoms with Crippen molar-refractivity contribution in [2.45, 2.75) is 64.8 Å². The summed E-state index contributed by atoms with van der Waals surface area (Å²) in [5.74, 6) is 3.04. The molecule has 3 rings (SSSR count). The summed E-state index contributed by atoms with van der Waals surface area (Å²) >= 11 is 0. The summed E-state index contributed by atoms with van der Waals surface area (Å²) in [5, 5.41) is 4.13. The smallest absolute Gasteiger partial charge is 0.229 e. The van der Waals surface area contributed by atoms with Gasteiger partial charge in [0.25, 0.3) is 0 Å². The lowest BCUT2D eigenvalue weighted by Gasteiger charge is -2.31. The third kappa shape index (κ3) is 4.27. The van der Waals surface area contributed by atoms with Crippen molar-refractivity contribution in [1.29, 1.82) is 0 Å². The van der Waals surface area contributed by atoms with Crippen LogP contribution in [0.25, 0.3) is 0 Å². The Balaban J connectivity index is 1.51. The largest absolute Gasteiger partial charge is 0.342 e. The van der Waals surface area contributed by atoms with Crippen LogP contribution in [0.15, 0.2) is 16.9 Å². The minimum Gasteiger partial charge on any atom is -0.342 e. The first kappa shape index (κ1) is 17.6. The average molecular weight is 345 g/mol. The van der Waals surface area contributed by atoms with E-state index in [4.69, 9.17) is 4.52 Å². The summed E-state index contributed by atoms with van der Waals surface area (Å²) in [6.45, 7) is 8.41. The van der Waals surface area contributed by atoms with E-state index in [2.05, 4.69) is 19.7 Å². The normalized spacial score (nSPS) is 18.1. The molecule has 2 aromatic rings. The number of hydrogen-bond donors (Lipinski definition) is 0. The summed E-state index contributed by atoms with van der Waals surface area (Å²) in [4.78, 5) is 23.2. The molecule has 7 nitrogen and oxygen atoms in total. The number of imidazole rings is 1. The standard InChI is InChI=1S/C18H27N5O2/c1-13(2)18-20-17(21-25-18)15-6-4-10-23(12-15)16(24)7-5-9-22-11-8-19-14(22)3/h8,11,13,15H,4-7,9-10,12H2,1-3H3/t15-/m0/s1. The van der Waals surface area contributed by atoms with Gasteiger partial charge in [0.05, 0.1) is 0 Å². The summed E-state index contributed by atoms with van der Waals surface area (Å²) in [6.07, 6.45) is 7.14. The molecule has 7 heteroatoms. The van der Waals surface area contributed by atoms with Gasteiger partial charge < -0.3 is 14.0 Å². The van der Waals surface area contributed by atoms with E-state index in [0.29, 0.717) is 18.9 Å². The van der Waals surface area contributed by atoms with Gasteiger partial charge in [-0.25, -0.2) is 4.98 Å². The Kier molecular flexibility index (Phi) is 5.50. The maximum absolute atomic E-state index is 12.5. The van der Waals surface area contributed by atoms with E-state index in [-0.39, 0.29) is 17.7 Å². The quantitative estimate of drug-likeness (QED) is 0.804. The van der Waals surface area contributed by atoms with Crippen LogP contribution in [0.1, 0.15) is 68.9 Å². The highest BCUT2D eigenvalue weighted by Crippen LogP contribution is 2.26. The minimum absolute atomic E-state index is 0.185. The molecule has 0 aromatic carbocycles. The SMILES string of the molecule is Cc1nccn1CCCC(=O)N1CCC[C@H](c2noc(C(C)C)n2)C1. The van der Waals surface area contributed by atoms with Gasteiger partial charge in [0.15, 0.2) is 5.82 Å². The van der Waals surface area contributed by atoms with Crippen molar-refractivity contribution in [2.24, 2.45) is 0 Å². The Hall–Kier alpha value is -2.18. The van der Waals surface area contributed by atoms with E-state index >= 15 is 0 Å². The first-order valence-electron chi connectivity index (χ1n) is 9.13. The molecule has 25 heavy (non-hydrogen) atoms. The fourth-order valence-electron chi connectivity index (χ4n) is 3.26. The topological polar surface area (TPSA) is 77.0 Å². The van der Waals surface area contributed by atoms with Gasteiger partial charge in [-0.05, 0) is 26.2 Å². The monoisotopic (exact) mass is 345 g/mol. The number of nitrogens with zero attached hydrogens (tertiary/aromatic N) is 5. The molecule has 0 radical (unpaired) electrons. The fraction of sp³-hybridized carbons (Fsp3) is 0.667. The molecule has 0 aliphatic carbocycles. The molecular formula is C18H27N5O2. The number of piperidine rings is 1. The van der Waals surface area contributed by atoms with Gasteiger partial charge >= 0.3 is 0 Å². The third-order valence-electron chi connectivity index (χ3n) is 4.80. The third-order valence-corrected chi connectivity index (χ3v) is 4.80. The molecule has 3 heterocycles. The number of carbonyl (C=O) groups excluding carboxylic acids is 1. The molecule has 2 aromatic heterocycles. The summed E-state index contributed by atoms with van der Waals surface area (Å²) < 4.78 is 7.40.